The Morgan fingerprint density at radius 1 is 1.11 bits per heavy atom. The first-order chi connectivity index (χ1) is 17.0. The highest BCUT2D eigenvalue weighted by Crippen LogP contribution is 2.63. The number of aliphatic hydroxyl groups is 1. The topological polar surface area (TPSA) is 114 Å². The Hall–Kier alpha value is -2.97. The van der Waals surface area contributed by atoms with E-state index in [2.05, 4.69) is 5.32 Å². The maximum atomic E-state index is 13.8. The van der Waals surface area contributed by atoms with Gasteiger partial charge in [0.2, 0.25) is 5.60 Å². The molecule has 8 heteroatoms. The Labute approximate surface area is 210 Å². The number of carbonyl (C=O) groups excluding carboxylic acids is 3. The largest absolute Gasteiger partial charge is 0.514 e. The van der Waals surface area contributed by atoms with E-state index in [4.69, 9.17) is 14.2 Å². The minimum atomic E-state index is -1.81. The molecule has 1 saturated carbocycles. The Morgan fingerprint density at radius 2 is 1.83 bits per heavy atom. The van der Waals surface area contributed by atoms with E-state index in [0.29, 0.717) is 12.8 Å². The number of epoxide rings is 1. The maximum absolute atomic E-state index is 13.8. The van der Waals surface area contributed by atoms with Gasteiger partial charge in [0, 0.05) is 17.9 Å². The van der Waals surface area contributed by atoms with Crippen molar-refractivity contribution < 1.29 is 33.7 Å². The molecule has 3 fully saturated rings. The summed E-state index contributed by atoms with van der Waals surface area (Å²) in [6.45, 7) is 7.15. The molecule has 1 aromatic carbocycles. The van der Waals surface area contributed by atoms with E-state index in [1.165, 1.54) is 6.92 Å². The van der Waals surface area contributed by atoms with E-state index in [1.54, 1.807) is 6.92 Å². The van der Waals surface area contributed by atoms with Gasteiger partial charge in [-0.3, -0.25) is 9.59 Å². The average Bonchev–Trinajstić information content (AvgIpc) is 3.45. The molecule has 2 N–H and O–H groups in total. The number of carbonyl (C=O) groups is 3. The van der Waals surface area contributed by atoms with Gasteiger partial charge in [-0.05, 0) is 44.2 Å². The number of ketones is 1. The molecule has 5 rings (SSSR count). The molecule has 0 unspecified atom stereocenters. The van der Waals surface area contributed by atoms with Crippen LogP contribution < -0.4 is 5.32 Å². The molecule has 9 atom stereocenters. The molecular weight excluding hydrogens is 462 g/mol. The van der Waals surface area contributed by atoms with Crippen molar-refractivity contribution in [1.82, 2.24) is 5.32 Å². The summed E-state index contributed by atoms with van der Waals surface area (Å²) in [5.74, 6) is -2.32. The van der Waals surface area contributed by atoms with Crippen LogP contribution in [0.15, 0.2) is 54.8 Å². The summed E-state index contributed by atoms with van der Waals surface area (Å²) < 4.78 is 17.3. The first-order valence-corrected chi connectivity index (χ1v) is 12.5. The van der Waals surface area contributed by atoms with Crippen molar-refractivity contribution in [1.29, 1.82) is 0 Å². The molecule has 8 nitrogen and oxygen atoms in total. The molecule has 0 radical (unpaired) electrons. The van der Waals surface area contributed by atoms with Crippen molar-refractivity contribution in [2.75, 3.05) is 0 Å². The highest BCUT2D eigenvalue weighted by Gasteiger charge is 2.78. The molecule has 1 spiro atoms. The number of allylic oxidation sites excluding steroid dienone is 1. The van der Waals surface area contributed by atoms with Gasteiger partial charge < -0.3 is 24.6 Å². The smallest absolute Gasteiger partial charge is 0.416 e. The predicted molar refractivity (Wildman–Crippen MR) is 129 cm³/mol. The highest BCUT2D eigenvalue weighted by molar-refractivity contribution is 5.92. The van der Waals surface area contributed by atoms with Gasteiger partial charge in [-0.25, -0.2) is 4.79 Å². The van der Waals surface area contributed by atoms with Gasteiger partial charge in [0.25, 0.3) is 5.91 Å². The van der Waals surface area contributed by atoms with Crippen LogP contribution in [0.1, 0.15) is 39.7 Å². The van der Waals surface area contributed by atoms with Crippen LogP contribution in [0.4, 0.5) is 4.79 Å². The molecule has 1 aromatic rings. The molecule has 0 bridgehead atoms. The van der Waals surface area contributed by atoms with E-state index in [-0.39, 0.29) is 29.9 Å². The third-order valence-electron chi connectivity index (χ3n) is 8.64. The summed E-state index contributed by atoms with van der Waals surface area (Å²) in [5, 5.41) is 13.7. The minimum Gasteiger partial charge on any atom is -0.416 e. The number of hydrogen-bond donors (Lipinski definition) is 2. The van der Waals surface area contributed by atoms with Gasteiger partial charge in [-0.15, -0.1) is 0 Å². The molecule has 1 aliphatic carbocycles. The van der Waals surface area contributed by atoms with Crippen LogP contribution >= 0.6 is 0 Å². The van der Waals surface area contributed by atoms with Gasteiger partial charge in [0.15, 0.2) is 5.78 Å². The fourth-order valence-electron chi connectivity index (χ4n) is 6.51. The average molecular weight is 496 g/mol. The first-order valence-electron chi connectivity index (χ1n) is 12.5. The lowest BCUT2D eigenvalue weighted by Crippen LogP contribution is -2.61. The van der Waals surface area contributed by atoms with Crippen molar-refractivity contribution in [2.45, 2.75) is 69.5 Å². The van der Waals surface area contributed by atoms with Gasteiger partial charge in [0.1, 0.15) is 5.60 Å². The van der Waals surface area contributed by atoms with Crippen molar-refractivity contribution >= 4 is 17.8 Å². The van der Waals surface area contributed by atoms with Crippen LogP contribution in [0.25, 0.3) is 0 Å². The second-order valence-corrected chi connectivity index (χ2v) is 11.0. The Balaban J connectivity index is 1.58. The number of nitrogens with one attached hydrogen (secondary N) is 1. The first kappa shape index (κ1) is 24.7. The summed E-state index contributed by atoms with van der Waals surface area (Å²) in [4.78, 5) is 39.5. The van der Waals surface area contributed by atoms with Gasteiger partial charge in [-0.2, -0.15) is 0 Å². The molecule has 192 valence electrons. The lowest BCUT2D eigenvalue weighted by atomic mass is 9.59. The van der Waals surface area contributed by atoms with Crippen LogP contribution in [0.2, 0.25) is 0 Å². The second-order valence-electron chi connectivity index (χ2n) is 11.0. The fraction of sp³-hybridized carbons (Fsp3) is 0.536. The lowest BCUT2D eigenvalue weighted by molar-refractivity contribution is -0.153. The predicted octanol–water partition coefficient (Wildman–Crippen LogP) is 3.09. The van der Waals surface area contributed by atoms with Crippen LogP contribution in [0.3, 0.4) is 0 Å². The third kappa shape index (κ3) is 3.78. The third-order valence-corrected chi connectivity index (χ3v) is 8.64. The van der Waals surface area contributed by atoms with Crippen LogP contribution in [-0.4, -0.2) is 51.9 Å². The van der Waals surface area contributed by atoms with E-state index < -0.39 is 40.6 Å². The SMILES string of the molecule is C[C@H]1CC=C[C@H]2[C@@H]3O[C@]3(C)[C@@H](C)[C@H]3[C@H](Cc4ccccc4)NC(=O)[C@]32OC(=O)OC=C[C@@](C)(O)C1=O. The van der Waals surface area contributed by atoms with E-state index >= 15 is 0 Å². The van der Waals surface area contributed by atoms with Gasteiger partial charge in [-0.1, -0.05) is 56.3 Å². The zero-order chi connectivity index (χ0) is 25.9. The van der Waals surface area contributed by atoms with Crippen LogP contribution in [0, 0.1) is 23.7 Å². The van der Waals surface area contributed by atoms with Crippen molar-refractivity contribution in [3.8, 4) is 0 Å². The Kier molecular flexibility index (Phi) is 5.87. The summed E-state index contributed by atoms with van der Waals surface area (Å²) >= 11 is 0. The molecule has 0 aromatic heterocycles. The van der Waals surface area contributed by atoms with E-state index in [1.807, 2.05) is 56.3 Å². The lowest BCUT2D eigenvalue weighted by Gasteiger charge is -2.45. The highest BCUT2D eigenvalue weighted by atomic mass is 16.7. The number of cyclic esters (lactones) is 1. The van der Waals surface area contributed by atoms with E-state index in [9.17, 15) is 19.5 Å². The normalized spacial score (nSPS) is 44.0. The zero-order valence-corrected chi connectivity index (χ0v) is 21.0. The minimum absolute atomic E-state index is 0.0972. The number of fused-ring (bicyclic) bond motifs is 2. The number of ether oxygens (including phenoxy) is 3. The molecule has 1 amide bonds. The van der Waals surface area contributed by atoms with Gasteiger partial charge in [0.05, 0.1) is 23.9 Å². The molecule has 3 aliphatic heterocycles. The molecule has 2 saturated heterocycles. The number of Topliss-reactive ketones (excluding diaryl/α,β-unsaturated/α-hetero) is 1. The number of amides is 1. The van der Waals surface area contributed by atoms with Gasteiger partial charge >= 0.3 is 6.16 Å². The molecule has 3 heterocycles. The molecule has 4 aliphatic rings. The van der Waals surface area contributed by atoms with Crippen LogP contribution in [0.5, 0.6) is 0 Å². The maximum Gasteiger partial charge on any atom is 0.514 e. The standard InChI is InChI=1S/C28H33NO7/c1-16-9-8-12-19-23-27(4,35-23)17(2)21-20(15-18-10-6-5-7-11-18)29-24(31)28(19,21)36-25(32)34-14-13-26(3,33)22(16)30/h5-8,10-14,16-17,19-21,23,33H,9,15H2,1-4H3,(H,29,31)/t16-,17-,19-,20-,21-,23-,26+,27+,28+/m0/s1. The quantitative estimate of drug-likeness (QED) is 0.368. The molecular formula is C28H33NO7. The van der Waals surface area contributed by atoms with Crippen molar-refractivity contribution in [2.24, 2.45) is 23.7 Å². The van der Waals surface area contributed by atoms with Crippen molar-refractivity contribution in [3.63, 3.8) is 0 Å². The zero-order valence-electron chi connectivity index (χ0n) is 21.0. The summed E-state index contributed by atoms with van der Waals surface area (Å²) in [7, 11) is 0. The summed E-state index contributed by atoms with van der Waals surface area (Å²) in [5.41, 5.74) is -2.76. The van der Waals surface area contributed by atoms with E-state index in [0.717, 1.165) is 17.9 Å². The monoisotopic (exact) mass is 495 g/mol. The number of rotatable bonds is 2. The number of benzene rings is 1. The van der Waals surface area contributed by atoms with Crippen molar-refractivity contribution in [3.05, 3.63) is 60.4 Å². The number of hydrogen-bond acceptors (Lipinski definition) is 7. The van der Waals surface area contributed by atoms with Crippen LogP contribution in [-0.2, 0) is 30.2 Å². The Morgan fingerprint density at radius 3 is 2.56 bits per heavy atom. The Bertz CT molecular complexity index is 1130. The second kappa shape index (κ2) is 8.56. The summed E-state index contributed by atoms with van der Waals surface area (Å²) in [6.07, 6.45) is 5.28. The fourth-order valence-corrected chi connectivity index (χ4v) is 6.51. The molecule has 36 heavy (non-hydrogen) atoms. The summed E-state index contributed by atoms with van der Waals surface area (Å²) in [6, 6.07) is 9.58.